The summed E-state index contributed by atoms with van der Waals surface area (Å²) in [5.41, 5.74) is 2.09. The van der Waals surface area contributed by atoms with Crippen molar-refractivity contribution in [2.45, 2.75) is 75.9 Å². The van der Waals surface area contributed by atoms with Crippen LogP contribution in [0.3, 0.4) is 0 Å². The molecule has 224 valence electrons. The van der Waals surface area contributed by atoms with Crippen LogP contribution in [0.1, 0.15) is 56.6 Å². The largest absolute Gasteiger partial charge is 0.352 e. The fourth-order valence-corrected chi connectivity index (χ4v) is 7.05. The van der Waals surface area contributed by atoms with E-state index in [2.05, 4.69) is 5.32 Å². The second kappa shape index (κ2) is 14.4. The first kappa shape index (κ1) is 31.9. The first-order chi connectivity index (χ1) is 20.1. The van der Waals surface area contributed by atoms with Crippen LogP contribution < -0.4 is 9.62 Å². The van der Waals surface area contributed by atoms with Gasteiger partial charge < -0.3 is 10.2 Å². The second-order valence-electron chi connectivity index (χ2n) is 10.7. The van der Waals surface area contributed by atoms with Crippen LogP contribution in [-0.4, -0.2) is 43.8 Å². The molecule has 1 N–H and O–H groups in total. The zero-order chi connectivity index (χ0) is 30.3. The van der Waals surface area contributed by atoms with Crippen molar-refractivity contribution in [1.82, 2.24) is 10.2 Å². The van der Waals surface area contributed by atoms with Crippen LogP contribution in [-0.2, 0) is 26.2 Å². The Labute approximate surface area is 258 Å². The van der Waals surface area contributed by atoms with Crippen LogP contribution in [0.2, 0.25) is 10.0 Å². The van der Waals surface area contributed by atoms with Gasteiger partial charge in [0, 0.05) is 22.6 Å². The van der Waals surface area contributed by atoms with E-state index in [-0.39, 0.29) is 29.1 Å². The van der Waals surface area contributed by atoms with Crippen molar-refractivity contribution >= 4 is 50.7 Å². The van der Waals surface area contributed by atoms with Gasteiger partial charge in [-0.05, 0) is 79.8 Å². The lowest BCUT2D eigenvalue weighted by Crippen LogP contribution is -2.54. The van der Waals surface area contributed by atoms with Gasteiger partial charge in [-0.15, -0.1) is 0 Å². The van der Waals surface area contributed by atoms with E-state index >= 15 is 0 Å². The first-order valence-corrected chi connectivity index (χ1v) is 16.5. The lowest BCUT2D eigenvalue weighted by Gasteiger charge is -2.34. The van der Waals surface area contributed by atoms with Crippen LogP contribution in [0.25, 0.3) is 0 Å². The van der Waals surface area contributed by atoms with Gasteiger partial charge in [-0.1, -0.05) is 79.7 Å². The third-order valence-corrected chi connectivity index (χ3v) is 9.99. The van der Waals surface area contributed by atoms with Gasteiger partial charge in [-0.2, -0.15) is 0 Å². The number of hydrogen-bond donors (Lipinski definition) is 1. The Bertz CT molecular complexity index is 1490. The topological polar surface area (TPSA) is 86.8 Å². The van der Waals surface area contributed by atoms with Gasteiger partial charge >= 0.3 is 0 Å². The molecule has 0 saturated heterocycles. The summed E-state index contributed by atoms with van der Waals surface area (Å²) in [6.45, 7) is 3.45. The normalized spacial score (nSPS) is 14.7. The second-order valence-corrected chi connectivity index (χ2v) is 13.4. The molecular weight excluding hydrogens is 593 g/mol. The molecule has 3 aromatic rings. The lowest BCUT2D eigenvalue weighted by molar-refractivity contribution is -0.140. The highest BCUT2D eigenvalue weighted by Crippen LogP contribution is 2.28. The maximum atomic E-state index is 14.2. The Balaban J connectivity index is 1.71. The van der Waals surface area contributed by atoms with Gasteiger partial charge in [0.05, 0.1) is 10.6 Å². The molecule has 4 rings (SSSR count). The number of sulfonamides is 1. The average molecular weight is 631 g/mol. The SMILES string of the molecule is CC[C@H](C(=O)NC1CCCCC1)N(Cc1ccccc1C)C(=O)CN(c1cccc(Cl)c1)S(=O)(=O)c1ccc(Cl)cc1. The number of nitrogens with one attached hydrogen (secondary N) is 1. The lowest BCUT2D eigenvalue weighted by atomic mass is 9.95. The van der Waals surface area contributed by atoms with E-state index in [1.54, 1.807) is 18.2 Å². The van der Waals surface area contributed by atoms with E-state index in [1.807, 2.05) is 38.1 Å². The van der Waals surface area contributed by atoms with Crippen LogP contribution in [0.4, 0.5) is 5.69 Å². The molecule has 0 aliphatic heterocycles. The van der Waals surface area contributed by atoms with Crippen LogP contribution >= 0.6 is 23.2 Å². The number of carbonyl (C=O) groups excluding carboxylic acids is 2. The minimum atomic E-state index is -4.20. The molecule has 2 amide bonds. The average Bonchev–Trinajstić information content (AvgIpc) is 2.97. The molecule has 0 unspecified atom stereocenters. The van der Waals surface area contributed by atoms with E-state index in [4.69, 9.17) is 23.2 Å². The molecule has 42 heavy (non-hydrogen) atoms. The first-order valence-electron chi connectivity index (χ1n) is 14.3. The number of rotatable bonds is 11. The predicted molar refractivity (Wildman–Crippen MR) is 168 cm³/mol. The van der Waals surface area contributed by atoms with Crippen molar-refractivity contribution in [2.75, 3.05) is 10.8 Å². The Hall–Kier alpha value is -3.07. The van der Waals surface area contributed by atoms with Gasteiger partial charge in [0.15, 0.2) is 0 Å². The molecule has 1 aliphatic carbocycles. The van der Waals surface area contributed by atoms with Crippen molar-refractivity contribution in [1.29, 1.82) is 0 Å². The summed E-state index contributed by atoms with van der Waals surface area (Å²) in [7, 11) is -4.20. The molecule has 1 aliphatic rings. The van der Waals surface area contributed by atoms with Gasteiger partial charge in [-0.25, -0.2) is 8.42 Å². The molecule has 0 heterocycles. The molecule has 10 heteroatoms. The van der Waals surface area contributed by atoms with Crippen molar-refractivity contribution in [2.24, 2.45) is 0 Å². The van der Waals surface area contributed by atoms with Crippen molar-refractivity contribution in [3.8, 4) is 0 Å². The highest BCUT2D eigenvalue weighted by Gasteiger charge is 2.34. The fourth-order valence-electron chi connectivity index (χ4n) is 5.33. The summed E-state index contributed by atoms with van der Waals surface area (Å²) in [6.07, 6.45) is 5.47. The summed E-state index contributed by atoms with van der Waals surface area (Å²) in [6, 6.07) is 19.1. The minimum absolute atomic E-state index is 0.0211. The molecule has 0 radical (unpaired) electrons. The Morgan fingerprint density at radius 2 is 1.62 bits per heavy atom. The van der Waals surface area contributed by atoms with E-state index < -0.39 is 28.5 Å². The van der Waals surface area contributed by atoms with Gasteiger partial charge in [-0.3, -0.25) is 13.9 Å². The van der Waals surface area contributed by atoms with E-state index in [9.17, 15) is 18.0 Å². The van der Waals surface area contributed by atoms with Crippen LogP contribution in [0.15, 0.2) is 77.7 Å². The molecule has 1 atom stereocenters. The number of benzene rings is 3. The van der Waals surface area contributed by atoms with Crippen LogP contribution in [0.5, 0.6) is 0 Å². The van der Waals surface area contributed by atoms with Crippen molar-refractivity contribution in [3.63, 3.8) is 0 Å². The van der Waals surface area contributed by atoms with Crippen molar-refractivity contribution in [3.05, 3.63) is 94.0 Å². The zero-order valence-corrected chi connectivity index (χ0v) is 26.3. The summed E-state index contributed by atoms with van der Waals surface area (Å²) < 4.78 is 28.9. The monoisotopic (exact) mass is 629 g/mol. The number of anilines is 1. The summed E-state index contributed by atoms with van der Waals surface area (Å²) in [5.74, 6) is -0.720. The van der Waals surface area contributed by atoms with Gasteiger partial charge in [0.25, 0.3) is 10.0 Å². The summed E-state index contributed by atoms with van der Waals surface area (Å²) in [5, 5.41) is 3.88. The standard InChI is InChI=1S/C32H37Cl2N3O4S/c1-3-30(32(39)35-27-13-5-4-6-14-27)36(21-24-11-8-7-10-23(24)2)31(38)22-37(28-15-9-12-26(34)20-28)42(40,41)29-18-16-25(33)17-19-29/h7-12,15-20,27,30H,3-6,13-14,21-22H2,1-2H3,(H,35,39)/t30-/m1/s1. The van der Waals surface area contributed by atoms with Crippen molar-refractivity contribution < 1.29 is 18.0 Å². The number of hydrogen-bond acceptors (Lipinski definition) is 4. The predicted octanol–water partition coefficient (Wildman–Crippen LogP) is 6.75. The molecular formula is C32H37Cl2N3O4S. The van der Waals surface area contributed by atoms with E-state index in [1.165, 1.54) is 35.2 Å². The Morgan fingerprint density at radius 3 is 2.26 bits per heavy atom. The number of halogens is 2. The highest BCUT2D eigenvalue weighted by atomic mass is 35.5. The van der Waals surface area contributed by atoms with E-state index in [0.29, 0.717) is 16.5 Å². The third-order valence-electron chi connectivity index (χ3n) is 7.72. The fraction of sp³-hybridized carbons (Fsp3) is 0.375. The molecule has 1 fully saturated rings. The maximum absolute atomic E-state index is 14.2. The van der Waals surface area contributed by atoms with Crippen LogP contribution in [0, 0.1) is 6.92 Å². The number of nitrogens with zero attached hydrogens (tertiary/aromatic N) is 2. The number of aryl methyl sites for hydroxylation is 1. The summed E-state index contributed by atoms with van der Waals surface area (Å²) in [4.78, 5) is 29.4. The van der Waals surface area contributed by atoms with Gasteiger partial charge in [0.1, 0.15) is 12.6 Å². The maximum Gasteiger partial charge on any atom is 0.264 e. The van der Waals surface area contributed by atoms with Gasteiger partial charge in [0.2, 0.25) is 11.8 Å². The smallest absolute Gasteiger partial charge is 0.264 e. The molecule has 7 nitrogen and oxygen atoms in total. The molecule has 0 bridgehead atoms. The quantitative estimate of drug-likeness (QED) is 0.254. The minimum Gasteiger partial charge on any atom is -0.352 e. The third kappa shape index (κ3) is 7.85. The summed E-state index contributed by atoms with van der Waals surface area (Å²) >= 11 is 12.3. The highest BCUT2D eigenvalue weighted by molar-refractivity contribution is 7.92. The zero-order valence-electron chi connectivity index (χ0n) is 23.9. The Kier molecular flexibility index (Phi) is 10.9. The molecule has 3 aromatic carbocycles. The number of carbonyl (C=O) groups is 2. The molecule has 1 saturated carbocycles. The molecule has 0 aromatic heterocycles. The Morgan fingerprint density at radius 1 is 0.929 bits per heavy atom. The number of amides is 2. The van der Waals surface area contributed by atoms with E-state index in [0.717, 1.165) is 47.5 Å². The molecule has 0 spiro atoms.